The van der Waals surface area contributed by atoms with Crippen molar-refractivity contribution in [3.8, 4) is 17.2 Å². The van der Waals surface area contributed by atoms with E-state index < -0.39 is 10.0 Å². The lowest BCUT2D eigenvalue weighted by Gasteiger charge is -2.24. The molecule has 2 rings (SSSR count). The number of nitrogens with zero attached hydrogens (tertiary/aromatic N) is 1. The van der Waals surface area contributed by atoms with Crippen LogP contribution in [0.1, 0.15) is 12.8 Å². The number of carbonyl (C=O) groups excluding carboxylic acids is 1. The molecular formula is C21H27ClN2O6S. The molecule has 10 heteroatoms. The predicted octanol–water partition coefficient (Wildman–Crippen LogP) is 3.10. The average Bonchev–Trinajstić information content (AvgIpc) is 2.74. The molecule has 0 radical (unpaired) electrons. The Morgan fingerprint density at radius 3 is 2.35 bits per heavy atom. The van der Waals surface area contributed by atoms with Gasteiger partial charge in [-0.1, -0.05) is 11.6 Å². The third kappa shape index (κ3) is 7.84. The van der Waals surface area contributed by atoms with E-state index in [0.717, 1.165) is 12.0 Å². The second-order valence-electron chi connectivity index (χ2n) is 6.63. The minimum absolute atomic E-state index is 0.116. The topological polar surface area (TPSA) is 94.2 Å². The van der Waals surface area contributed by atoms with E-state index in [1.807, 2.05) is 0 Å². The van der Waals surface area contributed by atoms with Gasteiger partial charge in [0.1, 0.15) is 23.9 Å². The number of benzene rings is 2. The van der Waals surface area contributed by atoms with Crippen LogP contribution in [0.5, 0.6) is 17.2 Å². The molecule has 0 fully saturated rings. The summed E-state index contributed by atoms with van der Waals surface area (Å²) >= 11 is 6.02. The van der Waals surface area contributed by atoms with Crippen LogP contribution in [0.3, 0.4) is 0 Å². The summed E-state index contributed by atoms with van der Waals surface area (Å²) in [5.74, 6) is 1.60. The maximum Gasteiger partial charge on any atom is 0.232 e. The van der Waals surface area contributed by atoms with Crippen LogP contribution in [0.25, 0.3) is 0 Å². The molecule has 0 aliphatic carbocycles. The number of rotatable bonds is 12. The maximum atomic E-state index is 12.3. The van der Waals surface area contributed by atoms with Crippen molar-refractivity contribution in [1.82, 2.24) is 5.32 Å². The number of nitrogens with one attached hydrogen (secondary N) is 1. The molecule has 2 aromatic rings. The van der Waals surface area contributed by atoms with E-state index in [1.54, 1.807) is 43.5 Å². The number of hydrogen-bond acceptors (Lipinski definition) is 6. The molecule has 0 aromatic heterocycles. The van der Waals surface area contributed by atoms with Crippen molar-refractivity contribution in [1.29, 1.82) is 0 Å². The molecule has 1 N–H and O–H groups in total. The molecule has 0 aliphatic rings. The fourth-order valence-corrected chi connectivity index (χ4v) is 3.95. The minimum Gasteiger partial charge on any atom is -0.497 e. The van der Waals surface area contributed by atoms with Crippen LogP contribution in [0.15, 0.2) is 42.5 Å². The van der Waals surface area contributed by atoms with E-state index in [9.17, 15) is 13.2 Å². The molecule has 0 unspecified atom stereocenters. The highest BCUT2D eigenvalue weighted by atomic mass is 35.5. The minimum atomic E-state index is -3.59. The number of halogens is 1. The highest BCUT2D eigenvalue weighted by Crippen LogP contribution is 2.33. The number of carbonyl (C=O) groups is 1. The van der Waals surface area contributed by atoms with Crippen molar-refractivity contribution in [2.24, 2.45) is 0 Å². The summed E-state index contributed by atoms with van der Waals surface area (Å²) in [4.78, 5) is 12.1. The molecule has 8 nitrogen and oxygen atoms in total. The molecule has 0 heterocycles. The number of anilines is 1. The predicted molar refractivity (Wildman–Crippen MR) is 121 cm³/mol. The first-order chi connectivity index (χ1) is 14.7. The van der Waals surface area contributed by atoms with Crippen LogP contribution >= 0.6 is 11.6 Å². The lowest BCUT2D eigenvalue weighted by molar-refractivity contribution is -0.121. The Labute approximate surface area is 188 Å². The van der Waals surface area contributed by atoms with E-state index in [4.69, 9.17) is 25.8 Å². The van der Waals surface area contributed by atoms with Crippen LogP contribution in [0.4, 0.5) is 5.69 Å². The van der Waals surface area contributed by atoms with E-state index in [0.29, 0.717) is 41.8 Å². The summed E-state index contributed by atoms with van der Waals surface area (Å²) in [7, 11) is -0.545. The molecule has 0 aliphatic heterocycles. The van der Waals surface area contributed by atoms with Gasteiger partial charge in [0.15, 0.2) is 0 Å². The Hall–Kier alpha value is -2.65. The Kier molecular flexibility index (Phi) is 9.26. The van der Waals surface area contributed by atoms with Gasteiger partial charge in [-0.15, -0.1) is 0 Å². The van der Waals surface area contributed by atoms with Crippen LogP contribution < -0.4 is 23.8 Å². The Balaban J connectivity index is 1.81. The molecule has 2 aromatic carbocycles. The quantitative estimate of drug-likeness (QED) is 0.479. The van der Waals surface area contributed by atoms with E-state index in [-0.39, 0.29) is 18.9 Å². The number of sulfonamides is 1. The average molecular weight is 471 g/mol. The first-order valence-electron chi connectivity index (χ1n) is 9.59. The van der Waals surface area contributed by atoms with E-state index in [1.165, 1.54) is 17.5 Å². The number of hydrogen-bond donors (Lipinski definition) is 1. The smallest absolute Gasteiger partial charge is 0.232 e. The fraction of sp³-hybridized carbons (Fsp3) is 0.381. The summed E-state index contributed by atoms with van der Waals surface area (Å²) in [5.41, 5.74) is 0.339. The summed E-state index contributed by atoms with van der Waals surface area (Å²) < 4.78 is 41.6. The summed E-state index contributed by atoms with van der Waals surface area (Å²) in [5, 5.41) is 3.14. The number of methoxy groups -OCH3 is 2. The highest BCUT2D eigenvalue weighted by molar-refractivity contribution is 7.92. The van der Waals surface area contributed by atoms with Gasteiger partial charge >= 0.3 is 0 Å². The normalized spacial score (nSPS) is 11.0. The maximum absolute atomic E-state index is 12.3. The summed E-state index contributed by atoms with van der Waals surface area (Å²) in [6.45, 7) is 0.765. The SMILES string of the molecule is COc1ccc(OCCNC(=O)CCCN(c2cc(Cl)ccc2OC)S(C)(=O)=O)cc1. The Bertz CT molecular complexity index is 966. The molecule has 0 saturated carbocycles. The third-order valence-corrected chi connectivity index (χ3v) is 5.74. The van der Waals surface area contributed by atoms with Gasteiger partial charge in [0.05, 0.1) is 32.7 Å². The first kappa shape index (κ1) is 24.6. The molecule has 170 valence electrons. The zero-order chi connectivity index (χ0) is 22.9. The van der Waals surface area contributed by atoms with Crippen molar-refractivity contribution in [2.75, 3.05) is 44.5 Å². The summed E-state index contributed by atoms with van der Waals surface area (Å²) in [6, 6.07) is 11.9. The van der Waals surface area contributed by atoms with Crippen molar-refractivity contribution in [3.63, 3.8) is 0 Å². The van der Waals surface area contributed by atoms with Gasteiger partial charge < -0.3 is 19.5 Å². The van der Waals surface area contributed by atoms with Gasteiger partial charge in [0.2, 0.25) is 15.9 Å². The molecule has 0 atom stereocenters. The standard InChI is InChI=1S/C21H27ClN2O6S/c1-28-17-7-9-18(10-8-17)30-14-12-23-21(25)5-4-13-24(31(3,26)27)19-15-16(22)6-11-20(19)29-2/h6-11,15H,4-5,12-14H2,1-3H3,(H,23,25). The van der Waals surface area contributed by atoms with Gasteiger partial charge in [-0.2, -0.15) is 0 Å². The van der Waals surface area contributed by atoms with Gasteiger partial charge in [0.25, 0.3) is 0 Å². The van der Waals surface area contributed by atoms with Gasteiger partial charge in [-0.25, -0.2) is 8.42 Å². The lowest BCUT2D eigenvalue weighted by Crippen LogP contribution is -2.33. The number of ether oxygens (including phenoxy) is 3. The zero-order valence-corrected chi connectivity index (χ0v) is 19.3. The van der Waals surface area contributed by atoms with E-state index in [2.05, 4.69) is 5.32 Å². The number of amides is 1. The van der Waals surface area contributed by atoms with Crippen LogP contribution in [0.2, 0.25) is 5.02 Å². The van der Waals surface area contributed by atoms with Crippen LogP contribution in [0, 0.1) is 0 Å². The third-order valence-electron chi connectivity index (χ3n) is 4.33. The van der Waals surface area contributed by atoms with Crippen LogP contribution in [-0.2, 0) is 14.8 Å². The largest absolute Gasteiger partial charge is 0.497 e. The monoisotopic (exact) mass is 470 g/mol. The van der Waals surface area contributed by atoms with Gasteiger partial charge in [-0.3, -0.25) is 9.10 Å². The molecule has 0 saturated heterocycles. The highest BCUT2D eigenvalue weighted by Gasteiger charge is 2.21. The zero-order valence-electron chi connectivity index (χ0n) is 17.8. The molecule has 0 bridgehead atoms. The second-order valence-corrected chi connectivity index (χ2v) is 8.97. The van der Waals surface area contributed by atoms with Crippen LogP contribution in [-0.4, -0.2) is 54.5 Å². The van der Waals surface area contributed by atoms with Gasteiger partial charge in [-0.05, 0) is 48.9 Å². The molecule has 1 amide bonds. The Morgan fingerprint density at radius 1 is 1.06 bits per heavy atom. The van der Waals surface area contributed by atoms with Crippen molar-refractivity contribution in [2.45, 2.75) is 12.8 Å². The van der Waals surface area contributed by atoms with Crippen molar-refractivity contribution >= 4 is 33.2 Å². The summed E-state index contributed by atoms with van der Waals surface area (Å²) in [6.07, 6.45) is 1.59. The molecular weight excluding hydrogens is 444 g/mol. The fourth-order valence-electron chi connectivity index (χ4n) is 2.83. The van der Waals surface area contributed by atoms with E-state index >= 15 is 0 Å². The Morgan fingerprint density at radius 2 is 1.74 bits per heavy atom. The molecule has 0 spiro atoms. The van der Waals surface area contributed by atoms with Gasteiger partial charge in [0, 0.05) is 18.0 Å². The van der Waals surface area contributed by atoms with Crippen molar-refractivity contribution < 1.29 is 27.4 Å². The second kappa shape index (κ2) is 11.7. The van der Waals surface area contributed by atoms with Crippen molar-refractivity contribution in [3.05, 3.63) is 47.5 Å². The lowest BCUT2D eigenvalue weighted by atomic mass is 10.2. The first-order valence-corrected chi connectivity index (χ1v) is 11.8. The molecule has 31 heavy (non-hydrogen) atoms.